The summed E-state index contributed by atoms with van der Waals surface area (Å²) in [5.41, 5.74) is 0.309. The Kier molecular flexibility index (Phi) is 5.28. The van der Waals surface area contributed by atoms with E-state index in [0.29, 0.717) is 11.0 Å². The van der Waals surface area contributed by atoms with E-state index >= 15 is 0 Å². The van der Waals surface area contributed by atoms with Gasteiger partial charge in [0.05, 0.1) is 12.0 Å². The standard InChI is InChI=1S/C14H17ClN2O5S/c1-4-21-12(18)8-17(9(2)3)23(19,20)13-7-10-11(22-13)5-6-16-14(10)15/h5-7,9H,4,8H2,1-3H3. The first-order valence-electron chi connectivity index (χ1n) is 6.99. The van der Waals surface area contributed by atoms with Gasteiger partial charge in [0.1, 0.15) is 17.3 Å². The maximum absolute atomic E-state index is 12.8. The fourth-order valence-electron chi connectivity index (χ4n) is 2.03. The van der Waals surface area contributed by atoms with E-state index in [-0.39, 0.29) is 16.9 Å². The van der Waals surface area contributed by atoms with E-state index in [0.717, 1.165) is 4.31 Å². The molecular formula is C14H17ClN2O5S. The van der Waals surface area contributed by atoms with Gasteiger partial charge in [0.15, 0.2) is 0 Å². The first-order chi connectivity index (χ1) is 10.8. The van der Waals surface area contributed by atoms with E-state index in [1.165, 1.54) is 18.3 Å². The summed E-state index contributed by atoms with van der Waals surface area (Å²) in [4.78, 5) is 15.6. The molecule has 0 aromatic carbocycles. The normalized spacial score (nSPS) is 12.3. The maximum atomic E-state index is 12.8. The molecule has 7 nitrogen and oxygen atoms in total. The fourth-order valence-corrected chi connectivity index (χ4v) is 3.76. The third-order valence-corrected chi connectivity index (χ3v) is 5.28. The number of carbonyl (C=O) groups excluding carboxylic acids is 1. The molecule has 126 valence electrons. The minimum Gasteiger partial charge on any atom is -0.465 e. The van der Waals surface area contributed by atoms with Crippen LogP contribution in [-0.4, -0.2) is 42.9 Å². The van der Waals surface area contributed by atoms with Crippen molar-refractivity contribution in [3.63, 3.8) is 0 Å². The van der Waals surface area contributed by atoms with Gasteiger partial charge in [-0.1, -0.05) is 11.6 Å². The van der Waals surface area contributed by atoms with Crippen LogP contribution >= 0.6 is 11.6 Å². The van der Waals surface area contributed by atoms with Crippen molar-refractivity contribution in [1.82, 2.24) is 9.29 Å². The van der Waals surface area contributed by atoms with Crippen molar-refractivity contribution in [2.45, 2.75) is 31.9 Å². The molecule has 0 aliphatic carbocycles. The van der Waals surface area contributed by atoms with E-state index in [9.17, 15) is 13.2 Å². The predicted octanol–water partition coefficient (Wildman–Crippen LogP) is 2.44. The molecule has 0 saturated carbocycles. The topological polar surface area (TPSA) is 89.7 Å². The van der Waals surface area contributed by atoms with E-state index in [4.69, 9.17) is 20.8 Å². The summed E-state index contributed by atoms with van der Waals surface area (Å²) in [5.74, 6) is -0.624. The molecule has 2 heterocycles. The molecular weight excluding hydrogens is 344 g/mol. The highest BCUT2D eigenvalue weighted by molar-refractivity contribution is 7.89. The van der Waals surface area contributed by atoms with Crippen LogP contribution in [0.1, 0.15) is 20.8 Å². The van der Waals surface area contributed by atoms with Gasteiger partial charge in [0.2, 0.25) is 5.09 Å². The lowest BCUT2D eigenvalue weighted by Crippen LogP contribution is -2.41. The van der Waals surface area contributed by atoms with Crippen LogP contribution in [0, 0.1) is 0 Å². The molecule has 2 aromatic rings. The molecule has 0 bridgehead atoms. The molecule has 0 aliphatic rings. The van der Waals surface area contributed by atoms with Crippen molar-refractivity contribution in [3.8, 4) is 0 Å². The van der Waals surface area contributed by atoms with Gasteiger partial charge in [0, 0.05) is 18.3 Å². The van der Waals surface area contributed by atoms with Crippen LogP contribution in [0.15, 0.2) is 27.8 Å². The highest BCUT2D eigenvalue weighted by Crippen LogP contribution is 2.29. The molecule has 0 atom stereocenters. The zero-order valence-corrected chi connectivity index (χ0v) is 14.5. The monoisotopic (exact) mass is 360 g/mol. The number of hydrogen-bond acceptors (Lipinski definition) is 6. The van der Waals surface area contributed by atoms with Gasteiger partial charge >= 0.3 is 5.97 Å². The molecule has 0 saturated heterocycles. The lowest BCUT2D eigenvalue weighted by atomic mass is 10.3. The van der Waals surface area contributed by atoms with Gasteiger partial charge in [0.25, 0.3) is 10.0 Å². The molecule has 9 heteroatoms. The number of nitrogens with zero attached hydrogens (tertiary/aromatic N) is 2. The number of pyridine rings is 1. The highest BCUT2D eigenvalue weighted by Gasteiger charge is 2.32. The van der Waals surface area contributed by atoms with Crippen LogP contribution in [0.4, 0.5) is 0 Å². The van der Waals surface area contributed by atoms with Crippen LogP contribution < -0.4 is 0 Å². The molecule has 0 spiro atoms. The third kappa shape index (κ3) is 3.65. The summed E-state index contributed by atoms with van der Waals surface area (Å²) in [5, 5.41) is 0.252. The number of rotatable bonds is 6. The summed E-state index contributed by atoms with van der Waals surface area (Å²) in [6.45, 7) is 4.76. The SMILES string of the molecule is CCOC(=O)CN(C(C)C)S(=O)(=O)c1cc2c(Cl)nccc2o1. The minimum absolute atomic E-state index is 0.147. The Morgan fingerprint density at radius 2 is 2.17 bits per heavy atom. The smallest absolute Gasteiger partial charge is 0.321 e. The Morgan fingerprint density at radius 1 is 1.48 bits per heavy atom. The van der Waals surface area contributed by atoms with Crippen molar-refractivity contribution >= 4 is 38.6 Å². The Balaban J connectivity index is 2.43. The molecule has 2 rings (SSSR count). The Morgan fingerprint density at radius 3 is 2.74 bits per heavy atom. The van der Waals surface area contributed by atoms with Crippen molar-refractivity contribution in [2.24, 2.45) is 0 Å². The first kappa shape index (κ1) is 17.7. The largest absolute Gasteiger partial charge is 0.465 e. The highest BCUT2D eigenvalue weighted by atomic mass is 35.5. The molecule has 0 fully saturated rings. The number of sulfonamides is 1. The van der Waals surface area contributed by atoms with Gasteiger partial charge in [-0.3, -0.25) is 4.79 Å². The number of ether oxygens (including phenoxy) is 1. The molecule has 0 unspecified atom stereocenters. The molecule has 0 aliphatic heterocycles. The van der Waals surface area contributed by atoms with Crippen molar-refractivity contribution < 1.29 is 22.4 Å². The third-order valence-electron chi connectivity index (χ3n) is 3.10. The van der Waals surface area contributed by atoms with Gasteiger partial charge in [-0.25, -0.2) is 13.4 Å². The van der Waals surface area contributed by atoms with Crippen LogP contribution in [0.25, 0.3) is 11.0 Å². The van der Waals surface area contributed by atoms with Crippen molar-refractivity contribution in [2.75, 3.05) is 13.2 Å². The fraction of sp³-hybridized carbons (Fsp3) is 0.429. The average molecular weight is 361 g/mol. The second-order valence-electron chi connectivity index (χ2n) is 5.03. The van der Waals surface area contributed by atoms with Gasteiger partial charge < -0.3 is 9.15 Å². The van der Waals surface area contributed by atoms with Crippen LogP contribution in [0.2, 0.25) is 5.15 Å². The molecule has 0 N–H and O–H groups in total. The zero-order chi connectivity index (χ0) is 17.2. The van der Waals surface area contributed by atoms with Crippen molar-refractivity contribution in [1.29, 1.82) is 0 Å². The quantitative estimate of drug-likeness (QED) is 0.580. The average Bonchev–Trinajstić information content (AvgIpc) is 2.91. The molecule has 0 amide bonds. The predicted molar refractivity (Wildman–Crippen MR) is 84.7 cm³/mol. The summed E-state index contributed by atoms with van der Waals surface area (Å²) in [6, 6.07) is 2.37. The van der Waals surface area contributed by atoms with E-state index < -0.39 is 28.6 Å². The number of furan rings is 1. The number of aromatic nitrogens is 1. The summed E-state index contributed by atoms with van der Waals surface area (Å²) < 4.78 is 36.7. The summed E-state index contributed by atoms with van der Waals surface area (Å²) in [7, 11) is -4.01. The Labute approximate surface area is 139 Å². The van der Waals surface area contributed by atoms with Gasteiger partial charge in [-0.15, -0.1) is 0 Å². The minimum atomic E-state index is -4.01. The summed E-state index contributed by atoms with van der Waals surface area (Å²) in [6.07, 6.45) is 1.42. The van der Waals surface area contributed by atoms with E-state index in [1.807, 2.05) is 0 Å². The van der Waals surface area contributed by atoms with Crippen LogP contribution in [-0.2, 0) is 19.6 Å². The molecule has 2 aromatic heterocycles. The van der Waals surface area contributed by atoms with E-state index in [1.54, 1.807) is 20.8 Å². The second-order valence-corrected chi connectivity index (χ2v) is 7.21. The van der Waals surface area contributed by atoms with Crippen LogP contribution in [0.3, 0.4) is 0 Å². The van der Waals surface area contributed by atoms with Crippen molar-refractivity contribution in [3.05, 3.63) is 23.5 Å². The number of esters is 1. The zero-order valence-electron chi connectivity index (χ0n) is 12.9. The Hall–Kier alpha value is -1.64. The molecule has 23 heavy (non-hydrogen) atoms. The lowest BCUT2D eigenvalue weighted by Gasteiger charge is -2.23. The number of fused-ring (bicyclic) bond motifs is 1. The van der Waals surface area contributed by atoms with Gasteiger partial charge in [-0.2, -0.15) is 4.31 Å². The Bertz CT molecular complexity index is 816. The van der Waals surface area contributed by atoms with Gasteiger partial charge in [-0.05, 0) is 26.8 Å². The number of halogens is 1. The lowest BCUT2D eigenvalue weighted by molar-refractivity contribution is -0.143. The molecule has 0 radical (unpaired) electrons. The summed E-state index contributed by atoms with van der Waals surface area (Å²) >= 11 is 5.93. The second kappa shape index (κ2) is 6.86. The number of hydrogen-bond donors (Lipinski definition) is 0. The van der Waals surface area contributed by atoms with Crippen LogP contribution in [0.5, 0.6) is 0 Å². The maximum Gasteiger partial charge on any atom is 0.321 e. The first-order valence-corrected chi connectivity index (χ1v) is 8.80. The van der Waals surface area contributed by atoms with E-state index in [2.05, 4.69) is 4.98 Å². The number of carbonyl (C=O) groups is 1.